The van der Waals surface area contributed by atoms with Crippen LogP contribution in [0.5, 0.6) is 11.5 Å². The van der Waals surface area contributed by atoms with E-state index in [-0.39, 0.29) is 10.9 Å². The smallest absolute Gasteiger partial charge is 0.230 e. The van der Waals surface area contributed by atoms with Crippen molar-refractivity contribution in [3.8, 4) is 11.5 Å². The van der Waals surface area contributed by atoms with Crippen molar-refractivity contribution >= 4 is 35.3 Å². The van der Waals surface area contributed by atoms with Crippen LogP contribution in [0.3, 0.4) is 0 Å². The first-order valence-corrected chi connectivity index (χ1v) is 8.93. The fourth-order valence-electron chi connectivity index (χ4n) is 2.89. The lowest BCUT2D eigenvalue weighted by Gasteiger charge is -2.30. The number of amides is 1. The van der Waals surface area contributed by atoms with Crippen LogP contribution in [0, 0.1) is 5.92 Å². The summed E-state index contributed by atoms with van der Waals surface area (Å²) in [6, 6.07) is 14.2. The Hall–Kier alpha value is -3.26. The zero-order valence-electron chi connectivity index (χ0n) is 15.5. The lowest BCUT2D eigenvalue weighted by Crippen LogP contribution is -2.46. The predicted molar refractivity (Wildman–Crippen MR) is 112 cm³/mol. The molecule has 2 aromatic carbocycles. The molecule has 0 saturated heterocycles. The number of thiocarbonyl (C=S) groups is 1. The van der Waals surface area contributed by atoms with Crippen LogP contribution in [-0.4, -0.2) is 37.3 Å². The number of carbonyl (C=O) groups excluding carboxylic acids is 1. The predicted octanol–water partition coefficient (Wildman–Crippen LogP) is 2.25. The molecule has 2 unspecified atom stereocenters. The summed E-state index contributed by atoms with van der Waals surface area (Å²) in [5.74, 6) is 0.417. The number of nitrogens with zero attached hydrogens (tertiary/aromatic N) is 2. The molecule has 3 rings (SSSR count). The molecule has 144 valence electrons. The summed E-state index contributed by atoms with van der Waals surface area (Å²) in [6.07, 6.45) is 1.62. The lowest BCUT2D eigenvalue weighted by molar-refractivity contribution is -0.120. The van der Waals surface area contributed by atoms with Crippen LogP contribution in [0.1, 0.15) is 17.2 Å². The summed E-state index contributed by atoms with van der Waals surface area (Å²) in [5.41, 5.74) is 7.34. The molecular formula is C20H20N4O3S. The average Bonchev–Trinajstić information content (AvgIpc) is 2.72. The second-order valence-corrected chi connectivity index (χ2v) is 6.47. The molecule has 0 spiro atoms. The summed E-state index contributed by atoms with van der Waals surface area (Å²) in [7, 11) is 3.19. The number of rotatable bonds is 5. The second kappa shape index (κ2) is 8.62. The molecule has 1 aliphatic rings. The van der Waals surface area contributed by atoms with Gasteiger partial charge in [-0.25, -0.2) is 9.98 Å². The number of benzene rings is 2. The molecule has 2 aromatic rings. The third-order valence-corrected chi connectivity index (χ3v) is 4.56. The Kier molecular flexibility index (Phi) is 6.00. The summed E-state index contributed by atoms with van der Waals surface area (Å²) >= 11 is 5.25. The maximum atomic E-state index is 12.2. The molecule has 0 fully saturated rings. The van der Waals surface area contributed by atoms with Crippen molar-refractivity contribution in [2.75, 3.05) is 14.2 Å². The lowest BCUT2D eigenvalue weighted by atomic mass is 9.90. The standard InChI is InChI=1S/C20H20N4O3S/c1-26-14-7-3-12(4-8-14)11-22-19-16(18(21)25)17(23-20(28)24-19)13-5-9-15(27-2)10-6-13/h3-11,16-17H,1-2H3,(H2,21,25)(H,23,28). The van der Waals surface area contributed by atoms with Crippen molar-refractivity contribution in [1.82, 2.24) is 5.32 Å². The third kappa shape index (κ3) is 4.34. The minimum atomic E-state index is -0.769. The van der Waals surface area contributed by atoms with E-state index >= 15 is 0 Å². The highest BCUT2D eigenvalue weighted by molar-refractivity contribution is 7.80. The van der Waals surface area contributed by atoms with Crippen molar-refractivity contribution in [2.24, 2.45) is 21.6 Å². The minimum Gasteiger partial charge on any atom is -0.497 e. The van der Waals surface area contributed by atoms with Crippen molar-refractivity contribution in [3.05, 3.63) is 59.7 Å². The zero-order valence-corrected chi connectivity index (χ0v) is 16.3. The van der Waals surface area contributed by atoms with Crippen molar-refractivity contribution in [1.29, 1.82) is 0 Å². The first kappa shape index (κ1) is 19.5. The maximum absolute atomic E-state index is 12.2. The van der Waals surface area contributed by atoms with Crippen molar-refractivity contribution in [3.63, 3.8) is 0 Å². The molecule has 0 aromatic heterocycles. The van der Waals surface area contributed by atoms with Gasteiger partial charge in [-0.3, -0.25) is 4.79 Å². The molecule has 1 heterocycles. The SMILES string of the molecule is COc1ccc(C=NC2=NC(=S)NC(c3ccc(OC)cc3)C2C(N)=O)cc1. The van der Waals surface area contributed by atoms with Gasteiger partial charge in [-0.15, -0.1) is 0 Å². The Labute approximate surface area is 168 Å². The molecule has 0 bridgehead atoms. The van der Waals surface area contributed by atoms with Gasteiger partial charge in [-0.2, -0.15) is 0 Å². The van der Waals surface area contributed by atoms with E-state index in [0.717, 1.165) is 16.9 Å². The molecule has 0 saturated carbocycles. The maximum Gasteiger partial charge on any atom is 0.230 e. The first-order chi connectivity index (χ1) is 13.5. The Balaban J connectivity index is 1.90. The Morgan fingerprint density at radius 3 is 2.21 bits per heavy atom. The average molecular weight is 396 g/mol. The molecule has 8 heteroatoms. The number of aliphatic imine (C=N–C) groups is 2. The first-order valence-electron chi connectivity index (χ1n) is 8.52. The van der Waals surface area contributed by atoms with Gasteiger partial charge in [0.1, 0.15) is 23.3 Å². The van der Waals surface area contributed by atoms with Gasteiger partial charge in [0.15, 0.2) is 5.11 Å². The zero-order chi connectivity index (χ0) is 20.1. The van der Waals surface area contributed by atoms with Crippen LogP contribution in [0.15, 0.2) is 58.5 Å². The Morgan fingerprint density at radius 1 is 1.11 bits per heavy atom. The number of nitrogens with one attached hydrogen (secondary N) is 1. The number of hydrogen-bond donors (Lipinski definition) is 2. The van der Waals surface area contributed by atoms with Crippen LogP contribution in [0.4, 0.5) is 0 Å². The fourth-order valence-corrected chi connectivity index (χ4v) is 3.11. The summed E-state index contributed by atoms with van der Waals surface area (Å²) in [5, 5.41) is 3.31. The van der Waals surface area contributed by atoms with Crippen molar-refractivity contribution < 1.29 is 14.3 Å². The number of hydrogen-bond acceptors (Lipinski definition) is 5. The molecule has 3 N–H and O–H groups in total. The van der Waals surface area contributed by atoms with E-state index in [0.29, 0.717) is 5.75 Å². The molecule has 1 aliphatic heterocycles. The number of carbonyl (C=O) groups is 1. The van der Waals surface area contributed by atoms with E-state index in [2.05, 4.69) is 15.3 Å². The van der Waals surface area contributed by atoms with E-state index in [1.54, 1.807) is 20.4 Å². The largest absolute Gasteiger partial charge is 0.497 e. The van der Waals surface area contributed by atoms with Crippen LogP contribution in [0.25, 0.3) is 0 Å². The van der Waals surface area contributed by atoms with E-state index < -0.39 is 17.9 Å². The monoisotopic (exact) mass is 396 g/mol. The molecular weight excluding hydrogens is 376 g/mol. The number of ether oxygens (including phenoxy) is 2. The Morgan fingerprint density at radius 2 is 1.68 bits per heavy atom. The highest BCUT2D eigenvalue weighted by atomic mass is 32.1. The second-order valence-electron chi connectivity index (χ2n) is 6.08. The number of amidine groups is 1. The fraction of sp³-hybridized carbons (Fsp3) is 0.200. The number of primary amides is 1. The summed E-state index contributed by atoms with van der Waals surface area (Å²) in [4.78, 5) is 20.9. The third-order valence-electron chi connectivity index (χ3n) is 4.35. The molecule has 28 heavy (non-hydrogen) atoms. The van der Waals surface area contributed by atoms with E-state index in [9.17, 15) is 4.79 Å². The van der Waals surface area contributed by atoms with Crippen molar-refractivity contribution in [2.45, 2.75) is 6.04 Å². The summed E-state index contributed by atoms with van der Waals surface area (Å²) in [6.45, 7) is 0. The van der Waals surface area contributed by atoms with Crippen LogP contribution >= 0.6 is 12.2 Å². The Bertz CT molecular complexity index is 923. The van der Waals surface area contributed by atoms with Gasteiger partial charge in [-0.1, -0.05) is 12.1 Å². The number of methoxy groups -OCH3 is 2. The molecule has 7 nitrogen and oxygen atoms in total. The molecule has 2 atom stereocenters. The number of nitrogens with two attached hydrogens (primary N) is 1. The van der Waals surface area contributed by atoms with Crippen LogP contribution in [0.2, 0.25) is 0 Å². The van der Waals surface area contributed by atoms with Gasteiger partial charge in [0.25, 0.3) is 0 Å². The topological polar surface area (TPSA) is 98.3 Å². The summed E-state index contributed by atoms with van der Waals surface area (Å²) < 4.78 is 10.3. The highest BCUT2D eigenvalue weighted by Gasteiger charge is 2.36. The molecule has 0 radical (unpaired) electrons. The molecule has 0 aliphatic carbocycles. The van der Waals surface area contributed by atoms with E-state index in [1.807, 2.05) is 48.5 Å². The van der Waals surface area contributed by atoms with Gasteiger partial charge < -0.3 is 20.5 Å². The highest BCUT2D eigenvalue weighted by Crippen LogP contribution is 2.28. The van der Waals surface area contributed by atoms with Gasteiger partial charge in [0.05, 0.1) is 20.3 Å². The normalized spacial score (nSPS) is 19.1. The van der Waals surface area contributed by atoms with Gasteiger partial charge >= 0.3 is 0 Å². The molecule has 1 amide bonds. The van der Waals surface area contributed by atoms with E-state index in [4.69, 9.17) is 27.4 Å². The minimum absolute atomic E-state index is 0.250. The quantitative estimate of drug-likeness (QED) is 0.597. The van der Waals surface area contributed by atoms with Gasteiger partial charge in [-0.05, 0) is 59.7 Å². The van der Waals surface area contributed by atoms with Crippen LogP contribution in [-0.2, 0) is 4.79 Å². The van der Waals surface area contributed by atoms with Crippen LogP contribution < -0.4 is 20.5 Å². The van der Waals surface area contributed by atoms with E-state index in [1.165, 1.54) is 0 Å². The van der Waals surface area contributed by atoms with Gasteiger partial charge in [0, 0.05) is 6.21 Å². The van der Waals surface area contributed by atoms with Gasteiger partial charge in [0.2, 0.25) is 5.91 Å².